The van der Waals surface area contributed by atoms with E-state index in [0.29, 0.717) is 12.5 Å². The van der Waals surface area contributed by atoms with Crippen molar-refractivity contribution in [2.45, 2.75) is 44.4 Å². The molecule has 0 aromatic carbocycles. The van der Waals surface area contributed by atoms with E-state index in [2.05, 4.69) is 0 Å². The number of aliphatic hydroxyl groups excluding tert-OH is 1. The summed E-state index contributed by atoms with van der Waals surface area (Å²) in [7, 11) is 0. The Hall–Kier alpha value is -0.160. The molecule has 1 aliphatic carbocycles. The fraction of sp³-hybridized carbons (Fsp3) is 1.00. The highest BCUT2D eigenvalue weighted by molar-refractivity contribution is 4.98. The Morgan fingerprint density at radius 1 is 1.50 bits per heavy atom. The third kappa shape index (κ3) is 2.67. The fourth-order valence-electron chi connectivity index (χ4n) is 2.30. The maximum absolute atomic E-state index is 9.53. The highest BCUT2D eigenvalue weighted by Crippen LogP contribution is 2.39. The van der Waals surface area contributed by atoms with Crippen LogP contribution in [0.15, 0.2) is 0 Å². The van der Waals surface area contributed by atoms with Crippen LogP contribution < -0.4 is 17.2 Å². The first-order chi connectivity index (χ1) is 6.35. The zero-order chi connectivity index (χ0) is 10.9. The smallest absolute Gasteiger partial charge is 0.0705 e. The molecule has 4 atom stereocenters. The second-order valence-electron chi connectivity index (χ2n) is 5.23. The van der Waals surface area contributed by atoms with Crippen molar-refractivity contribution in [2.24, 2.45) is 29.0 Å². The van der Waals surface area contributed by atoms with Crippen molar-refractivity contribution >= 4 is 0 Å². The van der Waals surface area contributed by atoms with Gasteiger partial charge in [-0.05, 0) is 32.6 Å². The minimum Gasteiger partial charge on any atom is -0.391 e. The predicted molar refractivity (Wildman–Crippen MR) is 57.5 cm³/mol. The number of hydrogen-bond donors (Lipinski definition) is 4. The van der Waals surface area contributed by atoms with Gasteiger partial charge in [-0.1, -0.05) is 0 Å². The Balaban J connectivity index is 2.36. The number of hydrogen-bond acceptors (Lipinski definition) is 4. The van der Waals surface area contributed by atoms with Crippen LogP contribution in [0.3, 0.4) is 0 Å². The van der Waals surface area contributed by atoms with E-state index in [0.717, 1.165) is 12.8 Å². The zero-order valence-electron chi connectivity index (χ0n) is 9.11. The van der Waals surface area contributed by atoms with Gasteiger partial charge in [-0.15, -0.1) is 0 Å². The van der Waals surface area contributed by atoms with Gasteiger partial charge in [-0.3, -0.25) is 0 Å². The van der Waals surface area contributed by atoms with Crippen molar-refractivity contribution in [3.63, 3.8) is 0 Å². The van der Waals surface area contributed by atoms with Crippen molar-refractivity contribution < 1.29 is 5.11 Å². The normalized spacial score (nSPS) is 35.1. The van der Waals surface area contributed by atoms with Gasteiger partial charge >= 0.3 is 0 Å². The highest BCUT2D eigenvalue weighted by atomic mass is 16.3. The molecule has 1 saturated carbocycles. The van der Waals surface area contributed by atoms with Gasteiger partial charge in [0.05, 0.1) is 6.10 Å². The van der Waals surface area contributed by atoms with E-state index in [1.807, 2.05) is 13.8 Å². The average molecular weight is 201 g/mol. The molecule has 4 nitrogen and oxygen atoms in total. The van der Waals surface area contributed by atoms with Crippen LogP contribution in [0.2, 0.25) is 0 Å². The van der Waals surface area contributed by atoms with E-state index in [-0.39, 0.29) is 17.5 Å². The lowest BCUT2D eigenvalue weighted by atomic mass is 9.64. The quantitative estimate of drug-likeness (QED) is 0.488. The summed E-state index contributed by atoms with van der Waals surface area (Å²) < 4.78 is 0. The van der Waals surface area contributed by atoms with Gasteiger partial charge < -0.3 is 22.3 Å². The van der Waals surface area contributed by atoms with E-state index in [1.54, 1.807) is 0 Å². The average Bonchev–Trinajstić information content (AvgIpc) is 2.08. The molecule has 7 N–H and O–H groups in total. The van der Waals surface area contributed by atoms with E-state index < -0.39 is 6.10 Å². The Labute approximate surface area is 85.8 Å². The summed E-state index contributed by atoms with van der Waals surface area (Å²) in [4.78, 5) is 0. The van der Waals surface area contributed by atoms with Gasteiger partial charge in [0.1, 0.15) is 0 Å². The van der Waals surface area contributed by atoms with E-state index in [4.69, 9.17) is 17.2 Å². The van der Waals surface area contributed by atoms with Crippen LogP contribution in [0.5, 0.6) is 0 Å². The summed E-state index contributed by atoms with van der Waals surface area (Å²) >= 11 is 0. The number of aliphatic hydroxyl groups is 1. The van der Waals surface area contributed by atoms with Crippen LogP contribution in [0.25, 0.3) is 0 Å². The van der Waals surface area contributed by atoms with Gasteiger partial charge in [0.15, 0.2) is 0 Å². The zero-order valence-corrected chi connectivity index (χ0v) is 9.11. The topological polar surface area (TPSA) is 98.3 Å². The first-order valence-corrected chi connectivity index (χ1v) is 5.28. The molecule has 0 heterocycles. The lowest BCUT2D eigenvalue weighted by Gasteiger charge is -2.46. The van der Waals surface area contributed by atoms with E-state index in [1.165, 1.54) is 0 Å². The first kappa shape index (κ1) is 11.9. The molecular formula is C10H23N3O. The molecule has 1 rings (SSSR count). The number of nitrogens with two attached hydrogens (primary N) is 3. The van der Waals surface area contributed by atoms with E-state index >= 15 is 0 Å². The van der Waals surface area contributed by atoms with Crippen molar-refractivity contribution in [3.8, 4) is 0 Å². The third-order valence-corrected chi connectivity index (χ3v) is 3.14. The van der Waals surface area contributed by atoms with Crippen LogP contribution in [-0.2, 0) is 0 Å². The third-order valence-electron chi connectivity index (χ3n) is 3.14. The summed E-state index contributed by atoms with van der Waals surface area (Å²) in [5.74, 6) is 0.619. The minimum atomic E-state index is -0.442. The Morgan fingerprint density at radius 3 is 2.43 bits per heavy atom. The van der Waals surface area contributed by atoms with Gasteiger partial charge in [-0.2, -0.15) is 0 Å². The fourth-order valence-corrected chi connectivity index (χ4v) is 2.30. The Kier molecular flexibility index (Phi) is 3.53. The van der Waals surface area contributed by atoms with Crippen molar-refractivity contribution in [3.05, 3.63) is 0 Å². The van der Waals surface area contributed by atoms with Gasteiger partial charge in [0, 0.05) is 24.0 Å². The lowest BCUT2D eigenvalue weighted by Crippen LogP contribution is -2.57. The second-order valence-corrected chi connectivity index (χ2v) is 5.23. The Morgan fingerprint density at radius 2 is 2.07 bits per heavy atom. The summed E-state index contributed by atoms with van der Waals surface area (Å²) in [6, 6.07) is 0.0661. The van der Waals surface area contributed by atoms with Crippen molar-refractivity contribution in [2.75, 3.05) is 6.54 Å². The van der Waals surface area contributed by atoms with Gasteiger partial charge in [-0.25, -0.2) is 0 Å². The molecule has 0 spiro atoms. The summed E-state index contributed by atoms with van der Waals surface area (Å²) in [5.41, 5.74) is 17.1. The molecule has 4 heteroatoms. The Bertz CT molecular complexity index is 190. The van der Waals surface area contributed by atoms with Crippen LogP contribution in [0.1, 0.15) is 26.7 Å². The van der Waals surface area contributed by atoms with Crippen LogP contribution in [-0.4, -0.2) is 29.3 Å². The molecule has 0 saturated heterocycles. The monoisotopic (exact) mass is 201 g/mol. The number of rotatable bonds is 4. The maximum Gasteiger partial charge on any atom is 0.0705 e. The van der Waals surface area contributed by atoms with Crippen LogP contribution in [0, 0.1) is 11.8 Å². The first-order valence-electron chi connectivity index (χ1n) is 5.28. The van der Waals surface area contributed by atoms with Crippen molar-refractivity contribution in [1.29, 1.82) is 0 Å². The molecule has 14 heavy (non-hydrogen) atoms. The van der Waals surface area contributed by atoms with E-state index in [9.17, 15) is 5.11 Å². The largest absolute Gasteiger partial charge is 0.391 e. The lowest BCUT2D eigenvalue weighted by molar-refractivity contribution is 0.00277. The summed E-state index contributed by atoms with van der Waals surface area (Å²) in [6.45, 7) is 4.32. The SMILES string of the molecule is CC(C)(N)CC1CC(C(O)CN)C1N. The molecule has 0 aliphatic heterocycles. The second kappa shape index (κ2) is 4.14. The minimum absolute atomic E-state index is 0.0661. The molecule has 0 aromatic rings. The molecule has 1 fully saturated rings. The summed E-state index contributed by atoms with van der Waals surface area (Å²) in [5, 5.41) is 9.53. The molecule has 1 aliphatic rings. The molecular weight excluding hydrogens is 178 g/mol. The standard InChI is InChI=1S/C10H23N3O/c1-10(2,13)4-6-3-7(9(6)12)8(14)5-11/h6-9,14H,3-5,11-13H2,1-2H3. The maximum atomic E-state index is 9.53. The molecule has 4 unspecified atom stereocenters. The van der Waals surface area contributed by atoms with Gasteiger partial charge in [0.2, 0.25) is 0 Å². The van der Waals surface area contributed by atoms with Crippen LogP contribution >= 0.6 is 0 Å². The van der Waals surface area contributed by atoms with Gasteiger partial charge in [0.25, 0.3) is 0 Å². The van der Waals surface area contributed by atoms with Crippen molar-refractivity contribution in [1.82, 2.24) is 0 Å². The predicted octanol–water partition coefficient (Wildman–Crippen LogP) is -0.603. The molecule has 0 radical (unpaired) electrons. The highest BCUT2D eigenvalue weighted by Gasteiger charge is 2.43. The molecule has 0 aromatic heterocycles. The molecule has 0 bridgehead atoms. The molecule has 84 valence electrons. The van der Waals surface area contributed by atoms with Crippen LogP contribution in [0.4, 0.5) is 0 Å². The summed E-state index contributed by atoms with van der Waals surface area (Å²) in [6.07, 6.45) is 1.43. The molecule has 0 amide bonds.